The third-order valence-corrected chi connectivity index (χ3v) is 6.37. The average molecular weight is 488 g/mol. The van der Waals surface area contributed by atoms with Gasteiger partial charge in [-0.25, -0.2) is 4.98 Å². The van der Waals surface area contributed by atoms with Gasteiger partial charge in [0, 0.05) is 52.0 Å². The number of anilines is 1. The van der Waals surface area contributed by atoms with Crippen LogP contribution < -0.4 is 4.90 Å². The summed E-state index contributed by atoms with van der Waals surface area (Å²) in [6, 6.07) is 19.0. The Morgan fingerprint density at radius 3 is 2.37 bits per heavy atom. The molecular formula is C27H26ClN5O2. The van der Waals surface area contributed by atoms with E-state index in [0.717, 1.165) is 16.7 Å². The number of benzene rings is 2. The van der Waals surface area contributed by atoms with Crippen molar-refractivity contribution in [1.29, 1.82) is 5.26 Å². The lowest BCUT2D eigenvalue weighted by Gasteiger charge is -2.36. The number of halogens is 1. The summed E-state index contributed by atoms with van der Waals surface area (Å²) >= 11 is 6.36. The van der Waals surface area contributed by atoms with E-state index in [9.17, 15) is 14.9 Å². The third-order valence-electron chi connectivity index (χ3n) is 6.06. The smallest absolute Gasteiger partial charge is 0.254 e. The molecule has 0 radical (unpaired) electrons. The highest BCUT2D eigenvalue weighted by atomic mass is 35.5. The van der Waals surface area contributed by atoms with E-state index in [1.807, 2.05) is 40.1 Å². The number of nitriles is 1. The molecule has 35 heavy (non-hydrogen) atoms. The summed E-state index contributed by atoms with van der Waals surface area (Å²) in [5, 5.41) is 10.1. The van der Waals surface area contributed by atoms with Gasteiger partial charge in [-0.05, 0) is 29.3 Å². The number of hydrogen-bond donors (Lipinski definition) is 0. The topological polar surface area (TPSA) is 80.5 Å². The highest BCUT2D eigenvalue weighted by Crippen LogP contribution is 2.29. The van der Waals surface area contributed by atoms with Gasteiger partial charge in [0.25, 0.3) is 5.91 Å². The first-order chi connectivity index (χ1) is 16.9. The Hall–Kier alpha value is -3.89. The summed E-state index contributed by atoms with van der Waals surface area (Å²) in [4.78, 5) is 34.9. The van der Waals surface area contributed by atoms with Crippen LogP contribution in [0.3, 0.4) is 0 Å². The van der Waals surface area contributed by atoms with Gasteiger partial charge >= 0.3 is 0 Å². The number of carbonyl (C=O) groups excluding carboxylic acids is 2. The number of carbonyl (C=O) groups is 2. The van der Waals surface area contributed by atoms with E-state index in [0.29, 0.717) is 54.6 Å². The van der Waals surface area contributed by atoms with Crippen molar-refractivity contribution >= 4 is 29.2 Å². The maximum absolute atomic E-state index is 12.7. The Bertz CT molecular complexity index is 1280. The normalized spacial score (nSPS) is 13.3. The van der Waals surface area contributed by atoms with Crippen molar-refractivity contribution in [2.75, 3.05) is 45.2 Å². The number of amides is 2. The molecular weight excluding hydrogens is 462 g/mol. The third kappa shape index (κ3) is 5.44. The predicted octanol–water partition coefficient (Wildman–Crippen LogP) is 3.87. The van der Waals surface area contributed by atoms with Crippen molar-refractivity contribution in [2.45, 2.75) is 6.42 Å². The summed E-state index contributed by atoms with van der Waals surface area (Å²) in [5.41, 5.74) is 3.40. The van der Waals surface area contributed by atoms with E-state index in [-0.39, 0.29) is 11.8 Å². The van der Waals surface area contributed by atoms with Gasteiger partial charge in [-0.1, -0.05) is 48.0 Å². The van der Waals surface area contributed by atoms with Crippen LogP contribution in [0.2, 0.25) is 5.02 Å². The maximum atomic E-state index is 12.7. The molecule has 4 rings (SSSR count). The number of pyridine rings is 1. The maximum Gasteiger partial charge on any atom is 0.254 e. The molecule has 0 N–H and O–H groups in total. The Labute approximate surface area is 210 Å². The number of rotatable bonds is 5. The number of aromatic nitrogens is 1. The average Bonchev–Trinajstić information content (AvgIpc) is 2.88. The Morgan fingerprint density at radius 2 is 1.74 bits per heavy atom. The first kappa shape index (κ1) is 24.2. The molecule has 0 atom stereocenters. The van der Waals surface area contributed by atoms with Crippen molar-refractivity contribution < 1.29 is 9.59 Å². The molecule has 1 aromatic heterocycles. The molecule has 7 nitrogen and oxygen atoms in total. The molecule has 0 unspecified atom stereocenters. The summed E-state index contributed by atoms with van der Waals surface area (Å²) < 4.78 is 0. The van der Waals surface area contributed by atoms with Crippen molar-refractivity contribution in [2.24, 2.45) is 0 Å². The van der Waals surface area contributed by atoms with Crippen LogP contribution in [0.15, 0.2) is 60.8 Å². The SMILES string of the molecule is CN(C)C(=O)c1ccc(-c2cnc(N3CCN(C(=O)Cc4ccccc4)CC3)c(C#N)c2)cc1Cl. The second-order valence-corrected chi connectivity index (χ2v) is 9.04. The first-order valence-electron chi connectivity index (χ1n) is 11.4. The van der Waals surface area contributed by atoms with E-state index in [4.69, 9.17) is 11.6 Å². The van der Waals surface area contributed by atoms with E-state index < -0.39 is 0 Å². The van der Waals surface area contributed by atoms with Gasteiger partial charge in [-0.3, -0.25) is 9.59 Å². The van der Waals surface area contributed by atoms with Crippen LogP contribution in [0.5, 0.6) is 0 Å². The van der Waals surface area contributed by atoms with Crippen LogP contribution in [0.1, 0.15) is 21.5 Å². The van der Waals surface area contributed by atoms with Gasteiger partial charge in [0.2, 0.25) is 5.91 Å². The summed E-state index contributed by atoms with van der Waals surface area (Å²) in [7, 11) is 3.35. The molecule has 178 valence electrons. The van der Waals surface area contributed by atoms with Crippen molar-refractivity contribution in [3.63, 3.8) is 0 Å². The minimum Gasteiger partial charge on any atom is -0.352 e. The quantitative estimate of drug-likeness (QED) is 0.545. The number of nitrogens with zero attached hydrogens (tertiary/aromatic N) is 5. The number of hydrogen-bond acceptors (Lipinski definition) is 5. The Balaban J connectivity index is 1.46. The summed E-state index contributed by atoms with van der Waals surface area (Å²) in [6.45, 7) is 2.37. The highest BCUT2D eigenvalue weighted by molar-refractivity contribution is 6.34. The van der Waals surface area contributed by atoms with Crippen LogP contribution >= 0.6 is 11.6 Å². The van der Waals surface area contributed by atoms with Crippen molar-refractivity contribution in [3.8, 4) is 17.2 Å². The van der Waals surface area contributed by atoms with E-state index in [1.165, 1.54) is 4.90 Å². The van der Waals surface area contributed by atoms with Crippen molar-refractivity contribution in [1.82, 2.24) is 14.8 Å². The molecule has 0 spiro atoms. The summed E-state index contributed by atoms with van der Waals surface area (Å²) in [5.74, 6) is 0.541. The molecule has 0 aliphatic carbocycles. The minimum atomic E-state index is -0.172. The molecule has 2 aromatic carbocycles. The fraction of sp³-hybridized carbons (Fsp3) is 0.259. The molecule has 8 heteroatoms. The van der Waals surface area contributed by atoms with Crippen LogP contribution in [-0.4, -0.2) is 66.9 Å². The van der Waals surface area contributed by atoms with Crippen LogP contribution in [0, 0.1) is 11.3 Å². The molecule has 1 aliphatic heterocycles. The van der Waals surface area contributed by atoms with Gasteiger partial charge in [0.1, 0.15) is 11.9 Å². The van der Waals surface area contributed by atoms with E-state index in [1.54, 1.807) is 44.6 Å². The van der Waals surface area contributed by atoms with Gasteiger partial charge in [-0.15, -0.1) is 0 Å². The van der Waals surface area contributed by atoms with Crippen LogP contribution in [0.4, 0.5) is 5.82 Å². The molecule has 2 heterocycles. The van der Waals surface area contributed by atoms with Gasteiger partial charge in [0.05, 0.1) is 22.6 Å². The standard InChI is InChI=1S/C27H26ClN5O2/c1-31(2)27(35)23-9-8-20(16-24(23)28)22-15-21(17-29)26(30-18-22)33-12-10-32(11-13-33)25(34)14-19-6-4-3-5-7-19/h3-9,15-16,18H,10-14H2,1-2H3. The second-order valence-electron chi connectivity index (χ2n) is 8.63. The predicted molar refractivity (Wildman–Crippen MR) is 136 cm³/mol. The number of piperazine rings is 1. The zero-order chi connectivity index (χ0) is 24.9. The molecule has 0 bridgehead atoms. The second kappa shape index (κ2) is 10.6. The monoisotopic (exact) mass is 487 g/mol. The fourth-order valence-electron chi connectivity index (χ4n) is 4.11. The zero-order valence-electron chi connectivity index (χ0n) is 19.7. The van der Waals surface area contributed by atoms with Crippen LogP contribution in [-0.2, 0) is 11.2 Å². The Kier molecular flexibility index (Phi) is 7.33. The van der Waals surface area contributed by atoms with E-state index in [2.05, 4.69) is 11.1 Å². The molecule has 1 aliphatic rings. The summed E-state index contributed by atoms with van der Waals surface area (Å²) in [6.07, 6.45) is 2.10. The zero-order valence-corrected chi connectivity index (χ0v) is 20.5. The lowest BCUT2D eigenvalue weighted by molar-refractivity contribution is -0.130. The molecule has 0 saturated carbocycles. The fourth-order valence-corrected chi connectivity index (χ4v) is 4.37. The van der Waals surface area contributed by atoms with Crippen molar-refractivity contribution in [3.05, 3.63) is 82.5 Å². The molecule has 1 saturated heterocycles. The lowest BCUT2D eigenvalue weighted by atomic mass is 10.0. The Morgan fingerprint density at radius 1 is 1.03 bits per heavy atom. The van der Waals surface area contributed by atoms with Crippen LogP contribution in [0.25, 0.3) is 11.1 Å². The van der Waals surface area contributed by atoms with Gasteiger partial charge < -0.3 is 14.7 Å². The first-order valence-corrected chi connectivity index (χ1v) is 11.7. The highest BCUT2D eigenvalue weighted by Gasteiger charge is 2.24. The molecule has 2 amide bonds. The minimum absolute atomic E-state index is 0.104. The largest absolute Gasteiger partial charge is 0.352 e. The lowest BCUT2D eigenvalue weighted by Crippen LogP contribution is -2.49. The van der Waals surface area contributed by atoms with Gasteiger partial charge in [-0.2, -0.15) is 5.26 Å². The molecule has 3 aromatic rings. The molecule has 1 fully saturated rings. The van der Waals surface area contributed by atoms with Gasteiger partial charge in [0.15, 0.2) is 0 Å². The van der Waals surface area contributed by atoms with E-state index >= 15 is 0 Å².